The average molecular weight is 429 g/mol. The lowest BCUT2D eigenvalue weighted by molar-refractivity contribution is -0.0581. The number of halogens is 1. The second-order valence-electron chi connectivity index (χ2n) is 6.09. The first-order chi connectivity index (χ1) is 13.9. The maximum atomic E-state index is 12.5. The number of nitrogens with zero attached hydrogens (tertiary/aromatic N) is 2. The molecule has 0 unspecified atom stereocenters. The summed E-state index contributed by atoms with van der Waals surface area (Å²) in [6.07, 6.45) is 0. The smallest absolute Gasteiger partial charge is 0.375 e. The molecule has 7 nitrogen and oxygen atoms in total. The van der Waals surface area contributed by atoms with Crippen LogP contribution in [0.15, 0.2) is 48.5 Å². The van der Waals surface area contributed by atoms with E-state index < -0.39 is 17.8 Å². The maximum absolute atomic E-state index is 12.5. The second-order valence-corrected chi connectivity index (χ2v) is 7.61. The van der Waals surface area contributed by atoms with Crippen LogP contribution in [0.5, 0.6) is 5.75 Å². The van der Waals surface area contributed by atoms with Gasteiger partial charge in [0.25, 0.3) is 11.8 Å². The van der Waals surface area contributed by atoms with Gasteiger partial charge in [0.15, 0.2) is 0 Å². The minimum atomic E-state index is -0.827. The number of carbonyl (C=O) groups is 3. The van der Waals surface area contributed by atoms with E-state index in [-0.39, 0.29) is 22.6 Å². The van der Waals surface area contributed by atoms with Crippen LogP contribution in [-0.4, -0.2) is 27.8 Å². The molecule has 1 aliphatic heterocycles. The quantitative estimate of drug-likeness (QED) is 0.570. The highest BCUT2D eigenvalue weighted by Crippen LogP contribution is 2.26. The maximum Gasteiger partial charge on any atom is 0.375 e. The van der Waals surface area contributed by atoms with Gasteiger partial charge in [-0.3, -0.25) is 9.59 Å². The number of rotatable bonds is 5. The minimum Gasteiger partial charge on any atom is -0.486 e. The van der Waals surface area contributed by atoms with Crippen molar-refractivity contribution in [3.63, 3.8) is 0 Å². The van der Waals surface area contributed by atoms with Gasteiger partial charge < -0.3 is 9.57 Å². The third-order valence-electron chi connectivity index (χ3n) is 4.13. The number of aromatic nitrogens is 1. The van der Waals surface area contributed by atoms with Gasteiger partial charge in [-0.15, -0.1) is 11.3 Å². The first-order valence-electron chi connectivity index (χ1n) is 8.49. The number of imide groups is 1. The fourth-order valence-corrected chi connectivity index (χ4v) is 3.73. The van der Waals surface area contributed by atoms with E-state index in [1.165, 1.54) is 12.1 Å². The topological polar surface area (TPSA) is 85.8 Å². The van der Waals surface area contributed by atoms with E-state index in [4.69, 9.17) is 21.2 Å². The molecule has 3 aromatic rings. The van der Waals surface area contributed by atoms with Gasteiger partial charge in [0.05, 0.1) is 16.8 Å². The van der Waals surface area contributed by atoms with E-state index in [9.17, 15) is 14.4 Å². The Balaban J connectivity index is 1.45. The van der Waals surface area contributed by atoms with Gasteiger partial charge in [0, 0.05) is 5.02 Å². The molecule has 0 spiro atoms. The number of benzene rings is 2. The molecule has 0 aliphatic carbocycles. The Morgan fingerprint density at radius 1 is 1.07 bits per heavy atom. The van der Waals surface area contributed by atoms with E-state index in [0.29, 0.717) is 26.5 Å². The van der Waals surface area contributed by atoms with Crippen molar-refractivity contribution < 1.29 is 24.0 Å². The first-order valence-corrected chi connectivity index (χ1v) is 9.68. The molecule has 4 rings (SSSR count). The van der Waals surface area contributed by atoms with Crippen molar-refractivity contribution in [2.24, 2.45) is 0 Å². The second kappa shape index (κ2) is 7.65. The fourth-order valence-electron chi connectivity index (χ4n) is 2.75. The number of hydroxylamine groups is 2. The standard InChI is InChI=1S/C20H13ClN2O5S/c1-11-17(29-16(22-11)10-27-13-8-6-12(21)7-9-13)20(26)28-23-18(24)14-4-2-3-5-15(14)19(23)25/h2-9H,10H2,1H3. The average Bonchev–Trinajstić information content (AvgIpc) is 3.21. The van der Waals surface area contributed by atoms with Crippen LogP contribution in [0.4, 0.5) is 0 Å². The molecular weight excluding hydrogens is 416 g/mol. The third-order valence-corrected chi connectivity index (χ3v) is 5.50. The summed E-state index contributed by atoms with van der Waals surface area (Å²) >= 11 is 6.91. The summed E-state index contributed by atoms with van der Waals surface area (Å²) < 4.78 is 5.62. The molecular formula is C20H13ClN2O5S. The molecule has 146 valence electrons. The highest BCUT2D eigenvalue weighted by Gasteiger charge is 2.39. The van der Waals surface area contributed by atoms with Gasteiger partial charge in [-0.25, -0.2) is 9.78 Å². The van der Waals surface area contributed by atoms with Crippen LogP contribution in [0.3, 0.4) is 0 Å². The van der Waals surface area contributed by atoms with Crippen LogP contribution in [-0.2, 0) is 11.4 Å². The lowest BCUT2D eigenvalue weighted by Crippen LogP contribution is -2.32. The van der Waals surface area contributed by atoms with Crippen molar-refractivity contribution in [1.82, 2.24) is 10.0 Å². The first kappa shape index (κ1) is 19.1. The molecule has 0 atom stereocenters. The van der Waals surface area contributed by atoms with Gasteiger partial charge in [-0.2, -0.15) is 0 Å². The number of hydrogen-bond acceptors (Lipinski definition) is 7. The zero-order valence-corrected chi connectivity index (χ0v) is 16.6. The zero-order chi connectivity index (χ0) is 20.5. The summed E-state index contributed by atoms with van der Waals surface area (Å²) in [5.74, 6) is -1.57. The van der Waals surface area contributed by atoms with Gasteiger partial charge in [-0.1, -0.05) is 28.8 Å². The highest BCUT2D eigenvalue weighted by molar-refractivity contribution is 7.13. The Kier molecular flexibility index (Phi) is 5.04. The lowest BCUT2D eigenvalue weighted by Gasteiger charge is -2.11. The van der Waals surface area contributed by atoms with E-state index >= 15 is 0 Å². The zero-order valence-electron chi connectivity index (χ0n) is 15.0. The van der Waals surface area contributed by atoms with Gasteiger partial charge in [0.2, 0.25) is 0 Å². The largest absolute Gasteiger partial charge is 0.486 e. The molecule has 2 amide bonds. The van der Waals surface area contributed by atoms with Crippen LogP contribution >= 0.6 is 22.9 Å². The van der Waals surface area contributed by atoms with Crippen LogP contribution in [0.25, 0.3) is 0 Å². The number of amides is 2. The Morgan fingerprint density at radius 2 is 1.69 bits per heavy atom. The van der Waals surface area contributed by atoms with E-state index in [0.717, 1.165) is 11.3 Å². The monoisotopic (exact) mass is 428 g/mol. The molecule has 29 heavy (non-hydrogen) atoms. The number of ether oxygens (including phenoxy) is 1. The number of aryl methyl sites for hydroxylation is 1. The summed E-state index contributed by atoms with van der Waals surface area (Å²) in [5, 5.41) is 1.63. The van der Waals surface area contributed by atoms with Crippen molar-refractivity contribution in [2.45, 2.75) is 13.5 Å². The molecule has 0 radical (unpaired) electrons. The van der Waals surface area contributed by atoms with E-state index in [1.54, 1.807) is 43.3 Å². The Hall–Kier alpha value is -3.23. The van der Waals surface area contributed by atoms with Gasteiger partial charge >= 0.3 is 5.97 Å². The van der Waals surface area contributed by atoms with E-state index in [1.807, 2.05) is 0 Å². The van der Waals surface area contributed by atoms with Crippen LogP contribution < -0.4 is 4.74 Å². The van der Waals surface area contributed by atoms with Crippen molar-refractivity contribution in [1.29, 1.82) is 0 Å². The molecule has 0 saturated carbocycles. The Morgan fingerprint density at radius 3 is 2.31 bits per heavy atom. The molecule has 0 bridgehead atoms. The molecule has 0 saturated heterocycles. The number of thiazole rings is 1. The van der Waals surface area contributed by atoms with Gasteiger partial charge in [0.1, 0.15) is 22.2 Å². The molecule has 0 fully saturated rings. The fraction of sp³-hybridized carbons (Fsp3) is 0.100. The summed E-state index contributed by atoms with van der Waals surface area (Å²) in [4.78, 5) is 46.8. The Bertz CT molecular complexity index is 1090. The summed E-state index contributed by atoms with van der Waals surface area (Å²) in [6, 6.07) is 13.1. The third kappa shape index (κ3) is 3.72. The molecule has 2 aromatic carbocycles. The van der Waals surface area contributed by atoms with E-state index in [2.05, 4.69) is 4.98 Å². The number of hydrogen-bond donors (Lipinski definition) is 0. The summed E-state index contributed by atoms with van der Waals surface area (Å²) in [6.45, 7) is 1.79. The number of carbonyl (C=O) groups excluding carboxylic acids is 3. The van der Waals surface area contributed by atoms with Crippen LogP contribution in [0, 0.1) is 6.92 Å². The minimum absolute atomic E-state index is 0.146. The summed E-state index contributed by atoms with van der Waals surface area (Å²) in [7, 11) is 0. The van der Waals surface area contributed by atoms with Crippen molar-refractivity contribution in [3.05, 3.63) is 80.3 Å². The summed E-state index contributed by atoms with van der Waals surface area (Å²) in [5.41, 5.74) is 0.818. The Labute approximate surface area is 174 Å². The van der Waals surface area contributed by atoms with Gasteiger partial charge in [-0.05, 0) is 43.3 Å². The molecule has 2 heterocycles. The predicted molar refractivity (Wildman–Crippen MR) is 105 cm³/mol. The van der Waals surface area contributed by atoms with Crippen LogP contribution in [0.1, 0.15) is 41.1 Å². The molecule has 9 heteroatoms. The number of fused-ring (bicyclic) bond motifs is 1. The highest BCUT2D eigenvalue weighted by atomic mass is 35.5. The normalized spacial score (nSPS) is 12.8. The van der Waals surface area contributed by atoms with Crippen molar-refractivity contribution in [3.8, 4) is 5.75 Å². The van der Waals surface area contributed by atoms with Crippen molar-refractivity contribution >= 4 is 40.7 Å². The molecule has 0 N–H and O–H groups in total. The van der Waals surface area contributed by atoms with Crippen molar-refractivity contribution in [2.75, 3.05) is 0 Å². The SMILES string of the molecule is Cc1nc(COc2ccc(Cl)cc2)sc1C(=O)ON1C(=O)c2ccccc2C1=O. The molecule has 1 aromatic heterocycles. The predicted octanol–water partition coefficient (Wildman–Crippen LogP) is 4.05. The lowest BCUT2D eigenvalue weighted by atomic mass is 10.1. The van der Waals surface area contributed by atoms with Crippen LogP contribution in [0.2, 0.25) is 5.02 Å². The molecule has 1 aliphatic rings.